The van der Waals surface area contributed by atoms with Crippen LogP contribution in [0.15, 0.2) is 0 Å². The van der Waals surface area contributed by atoms with Crippen molar-refractivity contribution < 1.29 is 4.74 Å². The minimum Gasteiger partial charge on any atom is -0.385 e. The van der Waals surface area contributed by atoms with Crippen molar-refractivity contribution in [3.05, 3.63) is 0 Å². The van der Waals surface area contributed by atoms with Crippen LogP contribution in [-0.4, -0.2) is 43.9 Å². The summed E-state index contributed by atoms with van der Waals surface area (Å²) in [5.74, 6) is -0.00581. The number of methoxy groups -OCH3 is 1. The summed E-state index contributed by atoms with van der Waals surface area (Å²) < 4.78 is 4.93. The van der Waals surface area contributed by atoms with E-state index in [4.69, 9.17) is 22.2 Å². The molecule has 0 aromatic rings. The van der Waals surface area contributed by atoms with Gasteiger partial charge in [-0.1, -0.05) is 0 Å². The Bertz CT molecular complexity index is 227. The molecule has 15 heavy (non-hydrogen) atoms. The van der Waals surface area contributed by atoms with Gasteiger partial charge in [0, 0.05) is 33.9 Å². The molecule has 4 nitrogen and oxygen atoms in total. The van der Waals surface area contributed by atoms with Crippen LogP contribution in [0.2, 0.25) is 0 Å². The van der Waals surface area contributed by atoms with Gasteiger partial charge >= 0.3 is 0 Å². The van der Waals surface area contributed by atoms with Crippen LogP contribution in [0.5, 0.6) is 0 Å². The van der Waals surface area contributed by atoms with Gasteiger partial charge in [0.1, 0.15) is 0 Å². The van der Waals surface area contributed by atoms with Crippen molar-refractivity contribution in [1.82, 2.24) is 10.2 Å². The number of rotatable bonds is 6. The molecular formula is C10H19N3OS. The lowest BCUT2D eigenvalue weighted by Crippen LogP contribution is -2.39. The molecule has 0 rings (SSSR count). The number of nitrogens with zero attached hydrogens (tertiary/aromatic N) is 2. The quantitative estimate of drug-likeness (QED) is 0.543. The largest absolute Gasteiger partial charge is 0.385 e. The highest BCUT2D eigenvalue weighted by molar-refractivity contribution is 7.80. The number of ether oxygens (including phenoxy) is 1. The fraction of sp³-hybridized carbons (Fsp3) is 0.800. The second-order valence-corrected chi connectivity index (χ2v) is 3.88. The molecule has 0 fully saturated rings. The molecule has 0 aromatic heterocycles. The Hall–Kier alpha value is -0.860. The first-order valence-electron chi connectivity index (χ1n) is 4.99. The highest BCUT2D eigenvalue weighted by atomic mass is 32.1. The van der Waals surface area contributed by atoms with E-state index < -0.39 is 0 Å². The lowest BCUT2D eigenvalue weighted by Gasteiger charge is -2.21. The van der Waals surface area contributed by atoms with Gasteiger partial charge in [-0.2, -0.15) is 5.26 Å². The Morgan fingerprint density at radius 1 is 1.67 bits per heavy atom. The van der Waals surface area contributed by atoms with E-state index in [-0.39, 0.29) is 5.92 Å². The average Bonchev–Trinajstić information content (AvgIpc) is 2.23. The van der Waals surface area contributed by atoms with Crippen molar-refractivity contribution in [2.24, 2.45) is 5.92 Å². The third-order valence-electron chi connectivity index (χ3n) is 1.92. The minimum atomic E-state index is -0.00581. The van der Waals surface area contributed by atoms with Crippen LogP contribution in [0.25, 0.3) is 0 Å². The van der Waals surface area contributed by atoms with Crippen molar-refractivity contribution in [3.8, 4) is 6.07 Å². The zero-order valence-electron chi connectivity index (χ0n) is 9.62. The van der Waals surface area contributed by atoms with E-state index in [0.717, 1.165) is 19.6 Å². The molecule has 1 N–H and O–H groups in total. The van der Waals surface area contributed by atoms with Gasteiger partial charge in [0.15, 0.2) is 5.11 Å². The lowest BCUT2D eigenvalue weighted by atomic mass is 10.2. The Labute approximate surface area is 97.2 Å². The molecule has 0 aliphatic carbocycles. The lowest BCUT2D eigenvalue weighted by molar-refractivity contribution is 0.195. The third-order valence-corrected chi connectivity index (χ3v) is 2.37. The van der Waals surface area contributed by atoms with Gasteiger partial charge in [-0.15, -0.1) is 0 Å². The maximum Gasteiger partial charge on any atom is 0.168 e. The minimum absolute atomic E-state index is 0.00581. The molecule has 0 saturated carbocycles. The molecular weight excluding hydrogens is 210 g/mol. The molecule has 1 unspecified atom stereocenters. The topological polar surface area (TPSA) is 48.3 Å². The van der Waals surface area contributed by atoms with Gasteiger partial charge in [-0.05, 0) is 25.6 Å². The first-order chi connectivity index (χ1) is 7.11. The molecule has 0 amide bonds. The van der Waals surface area contributed by atoms with Crippen LogP contribution in [-0.2, 0) is 4.74 Å². The van der Waals surface area contributed by atoms with Crippen LogP contribution >= 0.6 is 12.2 Å². The summed E-state index contributed by atoms with van der Waals surface area (Å²) in [5, 5.41) is 12.5. The molecule has 0 bridgehead atoms. The Morgan fingerprint density at radius 3 is 2.87 bits per heavy atom. The number of thiocarbonyl (C=S) groups is 1. The summed E-state index contributed by atoms with van der Waals surface area (Å²) in [4.78, 5) is 1.88. The van der Waals surface area contributed by atoms with E-state index in [0.29, 0.717) is 11.7 Å². The van der Waals surface area contributed by atoms with Gasteiger partial charge in [0.05, 0.1) is 12.0 Å². The maximum atomic E-state index is 8.65. The highest BCUT2D eigenvalue weighted by Crippen LogP contribution is 1.96. The van der Waals surface area contributed by atoms with Gasteiger partial charge < -0.3 is 15.0 Å². The Kier molecular flexibility index (Phi) is 7.96. The SMILES string of the molecule is COCCCNC(=S)N(C)CC(C)C#N. The van der Waals surface area contributed by atoms with Crippen molar-refractivity contribution in [2.45, 2.75) is 13.3 Å². The number of nitriles is 1. The molecule has 0 heterocycles. The number of hydrogen-bond acceptors (Lipinski definition) is 3. The summed E-state index contributed by atoms with van der Waals surface area (Å²) in [6.45, 7) is 4.07. The molecule has 0 aromatic carbocycles. The standard InChI is InChI=1S/C10H19N3OS/c1-9(7-11)8-13(2)10(15)12-5-4-6-14-3/h9H,4-6,8H2,1-3H3,(H,12,15). The van der Waals surface area contributed by atoms with E-state index in [1.54, 1.807) is 7.11 Å². The Balaban J connectivity index is 3.66. The first kappa shape index (κ1) is 14.1. The van der Waals surface area contributed by atoms with E-state index in [9.17, 15) is 0 Å². The van der Waals surface area contributed by atoms with Gasteiger partial charge in [0.25, 0.3) is 0 Å². The summed E-state index contributed by atoms with van der Waals surface area (Å²) in [6.07, 6.45) is 0.929. The highest BCUT2D eigenvalue weighted by Gasteiger charge is 2.07. The van der Waals surface area contributed by atoms with E-state index in [2.05, 4.69) is 11.4 Å². The molecule has 0 aliphatic rings. The predicted molar refractivity (Wildman–Crippen MR) is 64.5 cm³/mol. The first-order valence-corrected chi connectivity index (χ1v) is 5.40. The number of nitrogens with one attached hydrogen (secondary N) is 1. The zero-order chi connectivity index (χ0) is 11.7. The van der Waals surface area contributed by atoms with Crippen molar-refractivity contribution in [1.29, 1.82) is 5.26 Å². The van der Waals surface area contributed by atoms with Gasteiger partial charge in [-0.25, -0.2) is 0 Å². The van der Waals surface area contributed by atoms with Crippen LogP contribution in [0, 0.1) is 17.2 Å². The normalized spacial score (nSPS) is 11.6. The van der Waals surface area contributed by atoms with Crippen LogP contribution < -0.4 is 5.32 Å². The molecule has 86 valence electrons. The smallest absolute Gasteiger partial charge is 0.168 e. The van der Waals surface area contributed by atoms with Crippen LogP contribution in [0.3, 0.4) is 0 Å². The molecule has 0 radical (unpaired) electrons. The number of hydrogen-bond donors (Lipinski definition) is 1. The maximum absolute atomic E-state index is 8.65. The third kappa shape index (κ3) is 7.11. The van der Waals surface area contributed by atoms with E-state index in [1.165, 1.54) is 0 Å². The van der Waals surface area contributed by atoms with Crippen molar-refractivity contribution >= 4 is 17.3 Å². The second-order valence-electron chi connectivity index (χ2n) is 3.49. The summed E-state index contributed by atoms with van der Waals surface area (Å²) in [7, 11) is 3.57. The second kappa shape index (κ2) is 8.45. The molecule has 5 heteroatoms. The van der Waals surface area contributed by atoms with E-state index in [1.807, 2.05) is 18.9 Å². The van der Waals surface area contributed by atoms with Crippen molar-refractivity contribution in [3.63, 3.8) is 0 Å². The molecule has 0 saturated heterocycles. The van der Waals surface area contributed by atoms with Crippen LogP contribution in [0.1, 0.15) is 13.3 Å². The monoisotopic (exact) mass is 229 g/mol. The fourth-order valence-corrected chi connectivity index (χ4v) is 1.26. The van der Waals surface area contributed by atoms with Gasteiger partial charge in [0.2, 0.25) is 0 Å². The Morgan fingerprint density at radius 2 is 2.33 bits per heavy atom. The fourth-order valence-electron chi connectivity index (χ4n) is 1.08. The summed E-state index contributed by atoms with van der Waals surface area (Å²) in [5.41, 5.74) is 0. The molecule has 0 aliphatic heterocycles. The van der Waals surface area contributed by atoms with Gasteiger partial charge in [-0.3, -0.25) is 0 Å². The van der Waals surface area contributed by atoms with E-state index >= 15 is 0 Å². The van der Waals surface area contributed by atoms with Crippen molar-refractivity contribution in [2.75, 3.05) is 33.9 Å². The predicted octanol–water partition coefficient (Wildman–Crippen LogP) is 0.989. The van der Waals surface area contributed by atoms with Crippen LogP contribution in [0.4, 0.5) is 0 Å². The summed E-state index contributed by atoms with van der Waals surface area (Å²) >= 11 is 5.16. The summed E-state index contributed by atoms with van der Waals surface area (Å²) in [6, 6.07) is 2.18. The molecule has 1 atom stereocenters. The average molecular weight is 229 g/mol. The molecule has 0 spiro atoms. The zero-order valence-corrected chi connectivity index (χ0v) is 10.4.